The molecule has 0 amide bonds. The van der Waals surface area contributed by atoms with Crippen molar-refractivity contribution < 1.29 is 9.90 Å². The Morgan fingerprint density at radius 1 is 1.73 bits per heavy atom. The first-order valence-corrected chi connectivity index (χ1v) is 4.81. The van der Waals surface area contributed by atoms with Crippen LogP contribution in [-0.2, 0) is 4.79 Å². The van der Waals surface area contributed by atoms with Crippen molar-refractivity contribution >= 4 is 17.7 Å². The third-order valence-corrected chi connectivity index (χ3v) is 2.57. The lowest BCUT2D eigenvalue weighted by Gasteiger charge is -2.08. The van der Waals surface area contributed by atoms with Crippen molar-refractivity contribution in [2.45, 2.75) is 25.0 Å². The van der Waals surface area contributed by atoms with Crippen molar-refractivity contribution in [3.63, 3.8) is 0 Å². The molecule has 0 aromatic carbocycles. The lowest BCUT2D eigenvalue weighted by molar-refractivity contribution is -0.136. The minimum atomic E-state index is -0.717. The molecule has 0 heterocycles. The molecule has 3 N–H and O–H groups in total. The zero-order valence-electron chi connectivity index (χ0n) is 6.75. The second-order valence-electron chi connectivity index (χ2n) is 2.28. The van der Waals surface area contributed by atoms with Crippen LogP contribution in [0.4, 0.5) is 0 Å². The number of thioether (sulfide) groups is 1. The molecule has 0 aliphatic rings. The van der Waals surface area contributed by atoms with Gasteiger partial charge in [-0.1, -0.05) is 13.3 Å². The highest BCUT2D eigenvalue weighted by molar-refractivity contribution is 8.00. The maximum atomic E-state index is 10.5. The van der Waals surface area contributed by atoms with Crippen LogP contribution in [0.3, 0.4) is 0 Å². The number of carbonyl (C=O) groups is 1. The Labute approximate surface area is 71.3 Å². The molecule has 0 aliphatic heterocycles. The van der Waals surface area contributed by atoms with Crippen molar-refractivity contribution in [2.24, 2.45) is 5.73 Å². The number of hydrogen-bond donors (Lipinski definition) is 2. The van der Waals surface area contributed by atoms with Crippen LogP contribution in [0, 0.1) is 0 Å². The van der Waals surface area contributed by atoms with Gasteiger partial charge in [-0.25, -0.2) is 0 Å². The van der Waals surface area contributed by atoms with Crippen molar-refractivity contribution in [3.8, 4) is 0 Å². The lowest BCUT2D eigenvalue weighted by Crippen LogP contribution is -2.18. The Hall–Kier alpha value is -0.220. The van der Waals surface area contributed by atoms with E-state index in [0.717, 1.165) is 18.6 Å². The molecule has 0 aromatic rings. The van der Waals surface area contributed by atoms with E-state index in [9.17, 15) is 4.79 Å². The van der Waals surface area contributed by atoms with Crippen molar-refractivity contribution in [1.29, 1.82) is 0 Å². The van der Waals surface area contributed by atoms with E-state index in [4.69, 9.17) is 10.8 Å². The van der Waals surface area contributed by atoms with Crippen molar-refractivity contribution in [1.82, 2.24) is 0 Å². The topological polar surface area (TPSA) is 63.3 Å². The van der Waals surface area contributed by atoms with Gasteiger partial charge in [0.25, 0.3) is 0 Å². The summed E-state index contributed by atoms with van der Waals surface area (Å²) in [5.41, 5.74) is 5.26. The number of aliphatic carboxylic acids is 1. The minimum absolute atomic E-state index is 0.261. The van der Waals surface area contributed by atoms with Gasteiger partial charge in [0, 0.05) is 12.3 Å². The summed E-state index contributed by atoms with van der Waals surface area (Å²) in [5.74, 6) is 0.0158. The smallest absolute Gasteiger partial charge is 0.316 e. The molecule has 0 aromatic heterocycles. The summed E-state index contributed by atoms with van der Waals surface area (Å²) >= 11 is 1.43. The molecule has 0 aliphatic carbocycles. The molecule has 4 heteroatoms. The molecule has 0 saturated heterocycles. The molecule has 1 unspecified atom stereocenters. The number of carboxylic acids is 1. The molecule has 0 radical (unpaired) electrons. The highest BCUT2D eigenvalue weighted by atomic mass is 32.2. The zero-order valence-corrected chi connectivity index (χ0v) is 7.56. The van der Waals surface area contributed by atoms with Gasteiger partial charge in [0.2, 0.25) is 0 Å². The van der Waals surface area contributed by atoms with Gasteiger partial charge in [-0.2, -0.15) is 0 Å². The van der Waals surface area contributed by atoms with Crippen molar-refractivity contribution in [3.05, 3.63) is 0 Å². The Bertz CT molecular complexity index is 119. The highest BCUT2D eigenvalue weighted by Gasteiger charge is 2.15. The number of rotatable bonds is 6. The molecule has 3 nitrogen and oxygen atoms in total. The van der Waals surface area contributed by atoms with Crippen LogP contribution in [0.25, 0.3) is 0 Å². The third-order valence-electron chi connectivity index (χ3n) is 1.26. The highest BCUT2D eigenvalue weighted by Crippen LogP contribution is 2.15. The maximum Gasteiger partial charge on any atom is 0.316 e. The van der Waals surface area contributed by atoms with Gasteiger partial charge in [0.15, 0.2) is 0 Å². The van der Waals surface area contributed by atoms with Gasteiger partial charge in [-0.15, -0.1) is 11.8 Å². The summed E-state index contributed by atoms with van der Waals surface area (Å²) < 4.78 is 0. The summed E-state index contributed by atoms with van der Waals surface area (Å²) in [4.78, 5) is 10.5. The molecule has 0 saturated carbocycles. The Morgan fingerprint density at radius 3 is 2.73 bits per heavy atom. The number of hydrogen-bond acceptors (Lipinski definition) is 3. The molecule has 1 atom stereocenters. The zero-order chi connectivity index (χ0) is 8.69. The van der Waals surface area contributed by atoms with E-state index in [1.54, 1.807) is 0 Å². The first-order chi connectivity index (χ1) is 5.22. The maximum absolute atomic E-state index is 10.5. The van der Waals surface area contributed by atoms with Gasteiger partial charge in [-0.3, -0.25) is 4.79 Å². The summed E-state index contributed by atoms with van der Waals surface area (Å²) in [7, 11) is 0. The van der Waals surface area contributed by atoms with Crippen LogP contribution < -0.4 is 5.73 Å². The van der Waals surface area contributed by atoms with E-state index in [2.05, 4.69) is 0 Å². The van der Waals surface area contributed by atoms with Gasteiger partial charge >= 0.3 is 5.97 Å². The number of nitrogens with two attached hydrogens (primary N) is 1. The molecule has 0 rings (SSSR count). The summed E-state index contributed by atoms with van der Waals surface area (Å²) in [6.45, 7) is 2.54. The summed E-state index contributed by atoms with van der Waals surface area (Å²) in [6.07, 6.45) is 1.65. The fraction of sp³-hybridized carbons (Fsp3) is 0.857. The van der Waals surface area contributed by atoms with Gasteiger partial charge in [0.05, 0.1) is 0 Å². The van der Waals surface area contributed by atoms with E-state index in [1.807, 2.05) is 6.92 Å². The fourth-order valence-electron chi connectivity index (χ4n) is 0.751. The minimum Gasteiger partial charge on any atom is -0.480 e. The van der Waals surface area contributed by atoms with E-state index in [-0.39, 0.29) is 5.25 Å². The van der Waals surface area contributed by atoms with Crippen LogP contribution in [0.1, 0.15) is 19.8 Å². The largest absolute Gasteiger partial charge is 0.480 e. The van der Waals surface area contributed by atoms with Gasteiger partial charge < -0.3 is 10.8 Å². The SMILES string of the molecule is CCCC(SCCN)C(=O)O. The second kappa shape index (κ2) is 6.49. The van der Waals surface area contributed by atoms with Gasteiger partial charge in [-0.05, 0) is 6.42 Å². The van der Waals surface area contributed by atoms with E-state index >= 15 is 0 Å². The third kappa shape index (κ3) is 5.09. The quantitative estimate of drug-likeness (QED) is 0.633. The summed E-state index contributed by atoms with van der Waals surface area (Å²) in [5, 5.41) is 8.41. The van der Waals surface area contributed by atoms with Crippen LogP contribution in [-0.4, -0.2) is 28.6 Å². The Kier molecular flexibility index (Phi) is 6.36. The van der Waals surface area contributed by atoms with Crippen LogP contribution in [0.5, 0.6) is 0 Å². The first kappa shape index (κ1) is 10.8. The number of carboxylic acid groups (broad SMARTS) is 1. The van der Waals surface area contributed by atoms with E-state index < -0.39 is 5.97 Å². The first-order valence-electron chi connectivity index (χ1n) is 3.76. The van der Waals surface area contributed by atoms with Crippen molar-refractivity contribution in [2.75, 3.05) is 12.3 Å². The predicted octanol–water partition coefficient (Wildman–Crippen LogP) is 0.932. The Balaban J connectivity index is 3.60. The van der Waals surface area contributed by atoms with Crippen LogP contribution >= 0.6 is 11.8 Å². The molecule has 0 bridgehead atoms. The normalized spacial score (nSPS) is 12.9. The molecular weight excluding hydrogens is 162 g/mol. The average molecular weight is 177 g/mol. The Morgan fingerprint density at radius 2 is 2.36 bits per heavy atom. The predicted molar refractivity (Wildman–Crippen MR) is 47.8 cm³/mol. The average Bonchev–Trinajstić information content (AvgIpc) is 1.97. The standard InChI is InChI=1S/C7H15NO2S/c1-2-3-6(7(9)10)11-5-4-8/h6H,2-5,8H2,1H3,(H,9,10). The summed E-state index contributed by atoms with van der Waals surface area (Å²) in [6, 6.07) is 0. The lowest BCUT2D eigenvalue weighted by atomic mass is 10.2. The molecule has 66 valence electrons. The van der Waals surface area contributed by atoms with Crippen LogP contribution in [0.15, 0.2) is 0 Å². The molecule has 0 fully saturated rings. The second-order valence-corrected chi connectivity index (χ2v) is 3.59. The van der Waals surface area contributed by atoms with E-state index in [0.29, 0.717) is 6.54 Å². The molecular formula is C7H15NO2S. The van der Waals surface area contributed by atoms with Gasteiger partial charge in [0.1, 0.15) is 5.25 Å². The molecule has 0 spiro atoms. The monoisotopic (exact) mass is 177 g/mol. The molecule has 11 heavy (non-hydrogen) atoms. The van der Waals surface area contributed by atoms with Crippen LogP contribution in [0.2, 0.25) is 0 Å². The fourth-order valence-corrected chi connectivity index (χ4v) is 1.72. The van der Waals surface area contributed by atoms with E-state index in [1.165, 1.54) is 11.8 Å².